The molecule has 4 aromatic rings. The summed E-state index contributed by atoms with van der Waals surface area (Å²) in [4.78, 5) is 9.80. The van der Waals surface area contributed by atoms with Gasteiger partial charge in [0.15, 0.2) is 0 Å². The predicted molar refractivity (Wildman–Crippen MR) is 116 cm³/mol. The number of hydrogen-bond acceptors (Lipinski definition) is 5. The summed E-state index contributed by atoms with van der Waals surface area (Å²) >= 11 is 1.51. The Bertz CT molecular complexity index is 1230. The Morgan fingerprint density at radius 1 is 1.04 bits per heavy atom. The maximum atomic E-state index is 12.4. The van der Waals surface area contributed by atoms with E-state index in [9.17, 15) is 8.42 Å². The molecule has 4 rings (SSSR count). The van der Waals surface area contributed by atoms with Crippen LogP contribution in [0.2, 0.25) is 0 Å². The zero-order chi connectivity index (χ0) is 19.6. The van der Waals surface area contributed by atoms with Crippen molar-refractivity contribution in [3.63, 3.8) is 0 Å². The Morgan fingerprint density at radius 3 is 2.61 bits per heavy atom. The molecule has 0 radical (unpaired) electrons. The number of aromatic nitrogens is 2. The lowest BCUT2D eigenvalue weighted by Crippen LogP contribution is -2.09. The van der Waals surface area contributed by atoms with Gasteiger partial charge in [0.25, 0.3) is 10.0 Å². The van der Waals surface area contributed by atoms with Crippen molar-refractivity contribution in [1.82, 2.24) is 9.97 Å². The summed E-state index contributed by atoms with van der Waals surface area (Å²) in [6.07, 6.45) is 3.32. The number of fused-ring (bicyclic) bond motifs is 1. The van der Waals surface area contributed by atoms with Gasteiger partial charge in [0, 0.05) is 11.8 Å². The van der Waals surface area contributed by atoms with E-state index >= 15 is 0 Å². The smallest absolute Gasteiger partial charge is 0.255 e. The van der Waals surface area contributed by atoms with Crippen molar-refractivity contribution in [1.29, 1.82) is 0 Å². The van der Waals surface area contributed by atoms with Gasteiger partial charge in [-0.2, -0.15) is 0 Å². The highest BCUT2D eigenvalue weighted by atomic mass is 32.2. The molecule has 1 N–H and O–H groups in total. The standard InChI is InChI=1S/C21H17N3O2S2/c1-15-14-17(20-23-19-8-5-12-22-21(19)27-20)9-10-18(15)24-28(25,26)13-11-16-6-3-2-4-7-16/h2-14,24H,1H3/b13-11+. The van der Waals surface area contributed by atoms with Gasteiger partial charge in [-0.15, -0.1) is 0 Å². The molecule has 0 aliphatic heterocycles. The summed E-state index contributed by atoms with van der Waals surface area (Å²) < 4.78 is 27.4. The van der Waals surface area contributed by atoms with Gasteiger partial charge in [0.1, 0.15) is 15.4 Å². The third-order valence-corrected chi connectivity index (χ3v) is 6.16. The van der Waals surface area contributed by atoms with Crippen LogP contribution in [0.5, 0.6) is 0 Å². The maximum Gasteiger partial charge on any atom is 0.255 e. The molecule has 0 bridgehead atoms. The molecule has 0 fully saturated rings. The van der Waals surface area contributed by atoms with E-state index in [2.05, 4.69) is 14.7 Å². The molecule has 0 atom stereocenters. The summed E-state index contributed by atoms with van der Waals surface area (Å²) in [6.45, 7) is 1.87. The van der Waals surface area contributed by atoms with Crippen molar-refractivity contribution in [2.24, 2.45) is 0 Å². The number of sulfonamides is 1. The Morgan fingerprint density at radius 2 is 1.86 bits per heavy atom. The molecule has 0 aliphatic rings. The zero-order valence-corrected chi connectivity index (χ0v) is 16.7. The van der Waals surface area contributed by atoms with E-state index in [4.69, 9.17) is 0 Å². The first kappa shape index (κ1) is 18.3. The van der Waals surface area contributed by atoms with Crippen LogP contribution >= 0.6 is 11.3 Å². The van der Waals surface area contributed by atoms with E-state index in [-0.39, 0.29) is 0 Å². The van der Waals surface area contributed by atoms with Gasteiger partial charge in [-0.1, -0.05) is 41.7 Å². The lowest BCUT2D eigenvalue weighted by molar-refractivity contribution is 0.609. The summed E-state index contributed by atoms with van der Waals surface area (Å²) in [6, 6.07) is 18.6. The van der Waals surface area contributed by atoms with E-state index in [1.54, 1.807) is 18.3 Å². The molecule has 140 valence electrons. The lowest BCUT2D eigenvalue weighted by Gasteiger charge is -2.09. The highest BCUT2D eigenvalue weighted by molar-refractivity contribution is 7.95. The van der Waals surface area contributed by atoms with Crippen LogP contribution in [0.25, 0.3) is 27.0 Å². The summed E-state index contributed by atoms with van der Waals surface area (Å²) in [5.74, 6) is 0. The van der Waals surface area contributed by atoms with Crippen LogP contribution in [0.15, 0.2) is 72.3 Å². The van der Waals surface area contributed by atoms with Crippen LogP contribution in [-0.2, 0) is 10.0 Å². The van der Waals surface area contributed by atoms with Gasteiger partial charge in [-0.05, 0) is 54.5 Å². The molecule has 2 aromatic heterocycles. The van der Waals surface area contributed by atoms with Crippen molar-refractivity contribution in [3.8, 4) is 10.6 Å². The van der Waals surface area contributed by atoms with E-state index < -0.39 is 10.0 Å². The summed E-state index contributed by atoms with van der Waals surface area (Å²) in [7, 11) is -3.61. The van der Waals surface area contributed by atoms with Crippen LogP contribution in [0.3, 0.4) is 0 Å². The van der Waals surface area contributed by atoms with Gasteiger partial charge in [0.05, 0.1) is 11.1 Å². The molecule has 7 heteroatoms. The van der Waals surface area contributed by atoms with Gasteiger partial charge in [-0.25, -0.2) is 18.4 Å². The second-order valence-electron chi connectivity index (χ2n) is 6.24. The van der Waals surface area contributed by atoms with Crippen LogP contribution in [-0.4, -0.2) is 18.4 Å². The van der Waals surface area contributed by atoms with E-state index in [0.717, 1.165) is 32.0 Å². The largest absolute Gasteiger partial charge is 0.280 e. The minimum atomic E-state index is -3.61. The first-order chi connectivity index (χ1) is 13.5. The molecule has 5 nitrogen and oxygen atoms in total. The highest BCUT2D eigenvalue weighted by Crippen LogP contribution is 2.31. The Balaban J connectivity index is 1.57. The molecule has 2 heterocycles. The van der Waals surface area contributed by atoms with Crippen molar-refractivity contribution in [3.05, 3.63) is 83.4 Å². The van der Waals surface area contributed by atoms with Gasteiger partial charge >= 0.3 is 0 Å². The topological polar surface area (TPSA) is 72.0 Å². The van der Waals surface area contributed by atoms with E-state index in [1.807, 2.05) is 61.5 Å². The minimum absolute atomic E-state index is 0.542. The van der Waals surface area contributed by atoms with Crippen molar-refractivity contribution < 1.29 is 8.42 Å². The summed E-state index contributed by atoms with van der Waals surface area (Å²) in [5, 5.41) is 2.03. The lowest BCUT2D eigenvalue weighted by atomic mass is 10.1. The SMILES string of the molecule is Cc1cc(-c2nc3cccnc3s2)ccc1NS(=O)(=O)/C=C/c1ccccc1. The normalized spacial score (nSPS) is 11.9. The molecule has 28 heavy (non-hydrogen) atoms. The number of nitrogens with zero attached hydrogens (tertiary/aromatic N) is 2. The third kappa shape index (κ3) is 4.11. The quantitative estimate of drug-likeness (QED) is 0.501. The molecule has 0 unspecified atom stereocenters. The highest BCUT2D eigenvalue weighted by Gasteiger charge is 2.11. The zero-order valence-electron chi connectivity index (χ0n) is 15.0. The van der Waals surface area contributed by atoms with Crippen molar-refractivity contribution >= 4 is 43.5 Å². The first-order valence-corrected chi connectivity index (χ1v) is 10.9. The average Bonchev–Trinajstić information content (AvgIpc) is 3.13. The molecule has 2 aromatic carbocycles. The predicted octanol–water partition coefficient (Wildman–Crippen LogP) is 5.08. The van der Waals surface area contributed by atoms with Crippen molar-refractivity contribution in [2.45, 2.75) is 6.92 Å². The number of rotatable bonds is 5. The third-order valence-electron chi connectivity index (χ3n) is 4.13. The fourth-order valence-electron chi connectivity index (χ4n) is 2.72. The molecule has 0 saturated heterocycles. The maximum absolute atomic E-state index is 12.4. The molecule has 0 spiro atoms. The average molecular weight is 408 g/mol. The minimum Gasteiger partial charge on any atom is -0.280 e. The summed E-state index contributed by atoms with van der Waals surface area (Å²) in [5.41, 5.74) is 3.98. The Hall–Kier alpha value is -3.03. The Labute approximate surface area is 167 Å². The van der Waals surface area contributed by atoms with Crippen LogP contribution in [0.4, 0.5) is 5.69 Å². The van der Waals surface area contributed by atoms with Gasteiger partial charge < -0.3 is 0 Å². The number of nitrogens with one attached hydrogen (secondary N) is 1. The van der Waals surface area contributed by atoms with Crippen LogP contribution < -0.4 is 4.72 Å². The number of aryl methyl sites for hydroxylation is 1. The fraction of sp³-hybridized carbons (Fsp3) is 0.0476. The number of thiazole rings is 1. The number of anilines is 1. The second-order valence-corrected chi connectivity index (χ2v) is 8.78. The Kier molecular flexibility index (Phi) is 4.93. The van der Waals surface area contributed by atoms with Gasteiger partial charge in [0.2, 0.25) is 0 Å². The second kappa shape index (κ2) is 7.53. The monoisotopic (exact) mass is 407 g/mol. The number of benzene rings is 2. The van der Waals surface area contributed by atoms with E-state index in [1.165, 1.54) is 16.7 Å². The fourth-order valence-corrected chi connectivity index (χ4v) is 4.57. The first-order valence-electron chi connectivity index (χ1n) is 8.59. The van der Waals surface area contributed by atoms with E-state index in [0.29, 0.717) is 5.69 Å². The van der Waals surface area contributed by atoms with Gasteiger partial charge in [-0.3, -0.25) is 4.72 Å². The molecular formula is C21H17N3O2S2. The molecule has 0 amide bonds. The van der Waals surface area contributed by atoms with Crippen molar-refractivity contribution in [2.75, 3.05) is 4.72 Å². The number of pyridine rings is 1. The number of hydrogen-bond donors (Lipinski definition) is 1. The van der Waals surface area contributed by atoms with Crippen LogP contribution in [0.1, 0.15) is 11.1 Å². The van der Waals surface area contributed by atoms with Crippen LogP contribution in [0, 0.1) is 6.92 Å². The molecule has 0 aliphatic carbocycles. The molecular weight excluding hydrogens is 390 g/mol. The molecule has 0 saturated carbocycles.